The van der Waals surface area contributed by atoms with Crippen LogP contribution >= 0.6 is 0 Å². The summed E-state index contributed by atoms with van der Waals surface area (Å²) in [5.74, 6) is 0.548. The molecular formula is C23H24N2O2. The molecule has 0 aromatic heterocycles. The van der Waals surface area contributed by atoms with Crippen LogP contribution in [0.15, 0.2) is 54.6 Å². The molecular weight excluding hydrogens is 336 g/mol. The Balaban J connectivity index is 1.68. The van der Waals surface area contributed by atoms with Crippen molar-refractivity contribution in [2.75, 3.05) is 24.6 Å². The summed E-state index contributed by atoms with van der Waals surface area (Å²) in [6, 6.07) is 17.2. The van der Waals surface area contributed by atoms with Gasteiger partial charge in [0.2, 0.25) is 0 Å². The fourth-order valence-electron chi connectivity index (χ4n) is 3.29. The van der Waals surface area contributed by atoms with E-state index in [1.165, 1.54) is 31.4 Å². The number of hydrogen-bond acceptors (Lipinski definition) is 4. The number of nitrogens with zero attached hydrogens (tertiary/aromatic N) is 2. The highest BCUT2D eigenvalue weighted by Gasteiger charge is 2.10. The first kappa shape index (κ1) is 18.7. The van der Waals surface area contributed by atoms with Crippen molar-refractivity contribution >= 4 is 17.5 Å². The minimum absolute atomic E-state index is 0.0171. The fraction of sp³-hybridized carbons (Fsp3) is 0.304. The summed E-state index contributed by atoms with van der Waals surface area (Å²) in [5, 5.41) is 8.67. The number of anilines is 1. The smallest absolute Gasteiger partial charge is 0.185 e. The lowest BCUT2D eigenvalue weighted by molar-refractivity contribution is 0.104. The normalized spacial score (nSPS) is 14.6. The number of hydrogen-bond donors (Lipinski definition) is 0. The van der Waals surface area contributed by atoms with Crippen LogP contribution in [0.1, 0.15) is 41.6 Å². The molecule has 3 rings (SSSR count). The molecule has 0 radical (unpaired) electrons. The van der Waals surface area contributed by atoms with E-state index in [4.69, 9.17) is 10.00 Å². The van der Waals surface area contributed by atoms with Crippen molar-refractivity contribution in [1.82, 2.24) is 0 Å². The summed E-state index contributed by atoms with van der Waals surface area (Å²) in [6.45, 7) is 2.16. The van der Waals surface area contributed by atoms with Crippen molar-refractivity contribution in [1.29, 1.82) is 5.26 Å². The summed E-state index contributed by atoms with van der Waals surface area (Å²) in [5.41, 5.74) is 2.63. The summed E-state index contributed by atoms with van der Waals surface area (Å²) in [7, 11) is 0. The number of carbonyl (C=O) groups excluding carboxylic acids is 1. The van der Waals surface area contributed by atoms with Gasteiger partial charge in [0.15, 0.2) is 12.4 Å². The number of ether oxygens (including phenoxy) is 1. The molecule has 138 valence electrons. The number of allylic oxidation sites excluding steroid dienone is 1. The van der Waals surface area contributed by atoms with Gasteiger partial charge in [0.25, 0.3) is 0 Å². The van der Waals surface area contributed by atoms with E-state index >= 15 is 0 Å². The second-order valence-electron chi connectivity index (χ2n) is 6.63. The Bertz CT molecular complexity index is 826. The monoisotopic (exact) mass is 360 g/mol. The van der Waals surface area contributed by atoms with Crippen LogP contribution in [-0.4, -0.2) is 25.5 Å². The summed E-state index contributed by atoms with van der Waals surface area (Å²) in [6.07, 6.45) is 8.36. The number of carbonyl (C=O) groups is 1. The molecule has 1 heterocycles. The Labute approximate surface area is 160 Å². The first-order valence-electron chi connectivity index (χ1n) is 9.44. The van der Waals surface area contributed by atoms with Gasteiger partial charge >= 0.3 is 0 Å². The zero-order chi connectivity index (χ0) is 18.9. The van der Waals surface area contributed by atoms with Crippen LogP contribution in [-0.2, 0) is 0 Å². The molecule has 0 spiro atoms. The van der Waals surface area contributed by atoms with E-state index in [0.29, 0.717) is 11.3 Å². The Kier molecular flexibility index (Phi) is 6.65. The van der Waals surface area contributed by atoms with Gasteiger partial charge in [-0.25, -0.2) is 0 Å². The zero-order valence-electron chi connectivity index (χ0n) is 15.4. The highest BCUT2D eigenvalue weighted by Crippen LogP contribution is 2.22. The van der Waals surface area contributed by atoms with E-state index in [9.17, 15) is 4.79 Å². The average molecular weight is 360 g/mol. The Hall–Kier alpha value is -3.06. The Morgan fingerprint density at radius 3 is 2.44 bits per heavy atom. The lowest BCUT2D eigenvalue weighted by Gasteiger charge is -2.22. The molecule has 27 heavy (non-hydrogen) atoms. The lowest BCUT2D eigenvalue weighted by atomic mass is 10.1. The molecule has 0 N–H and O–H groups in total. The molecule has 1 fully saturated rings. The van der Waals surface area contributed by atoms with E-state index in [1.807, 2.05) is 48.5 Å². The van der Waals surface area contributed by atoms with Gasteiger partial charge in [-0.05, 0) is 55.3 Å². The van der Waals surface area contributed by atoms with Gasteiger partial charge in [-0.15, -0.1) is 0 Å². The van der Waals surface area contributed by atoms with Crippen molar-refractivity contribution in [3.8, 4) is 11.8 Å². The molecule has 1 saturated heterocycles. The van der Waals surface area contributed by atoms with Gasteiger partial charge in [0.1, 0.15) is 11.8 Å². The highest BCUT2D eigenvalue weighted by atomic mass is 16.5. The minimum atomic E-state index is -0.0486. The van der Waals surface area contributed by atoms with Crippen LogP contribution in [0.5, 0.6) is 5.75 Å². The van der Waals surface area contributed by atoms with E-state index in [-0.39, 0.29) is 12.4 Å². The predicted molar refractivity (Wildman–Crippen MR) is 108 cm³/mol. The highest BCUT2D eigenvalue weighted by molar-refractivity contribution is 6.07. The molecule has 4 nitrogen and oxygen atoms in total. The standard InChI is InChI=1S/C23H24N2O2/c24-15-18-27-23-8-4-3-7-20(23)11-14-22(26)19-9-12-21(13-10-19)25-16-5-1-2-6-17-25/h3-4,7-14H,1-2,5-6,16-18H2/b14-11+. The van der Waals surface area contributed by atoms with Gasteiger partial charge in [0, 0.05) is 29.9 Å². The summed E-state index contributed by atoms with van der Waals surface area (Å²) < 4.78 is 5.39. The molecule has 0 atom stereocenters. The predicted octanol–water partition coefficient (Wildman–Crippen LogP) is 4.87. The third-order valence-electron chi connectivity index (χ3n) is 4.75. The van der Waals surface area contributed by atoms with Crippen molar-refractivity contribution < 1.29 is 9.53 Å². The molecule has 1 aliphatic rings. The zero-order valence-corrected chi connectivity index (χ0v) is 15.4. The molecule has 2 aromatic rings. The third-order valence-corrected chi connectivity index (χ3v) is 4.75. The number of nitriles is 1. The van der Waals surface area contributed by atoms with Crippen molar-refractivity contribution in [2.45, 2.75) is 25.7 Å². The van der Waals surface area contributed by atoms with Crippen LogP contribution in [0.2, 0.25) is 0 Å². The lowest BCUT2D eigenvalue weighted by Crippen LogP contribution is -2.23. The van der Waals surface area contributed by atoms with Gasteiger partial charge in [-0.1, -0.05) is 31.0 Å². The maximum atomic E-state index is 12.5. The molecule has 4 heteroatoms. The number of benzene rings is 2. The van der Waals surface area contributed by atoms with Crippen LogP contribution < -0.4 is 9.64 Å². The second-order valence-corrected chi connectivity index (χ2v) is 6.63. The number of ketones is 1. The molecule has 0 aliphatic carbocycles. The van der Waals surface area contributed by atoms with Crippen molar-refractivity contribution in [2.24, 2.45) is 0 Å². The maximum absolute atomic E-state index is 12.5. The topological polar surface area (TPSA) is 53.3 Å². The van der Waals surface area contributed by atoms with E-state index in [1.54, 1.807) is 18.2 Å². The number of rotatable bonds is 6. The van der Waals surface area contributed by atoms with E-state index < -0.39 is 0 Å². The largest absolute Gasteiger partial charge is 0.478 e. The fourth-order valence-corrected chi connectivity index (χ4v) is 3.29. The SMILES string of the molecule is N#CCOc1ccccc1/C=C/C(=O)c1ccc(N2CCCCCC2)cc1. The van der Waals surface area contributed by atoms with Crippen molar-refractivity contribution in [3.05, 3.63) is 65.7 Å². The molecule has 1 aliphatic heterocycles. The molecule has 0 unspecified atom stereocenters. The first-order valence-corrected chi connectivity index (χ1v) is 9.44. The quantitative estimate of drug-likeness (QED) is 0.545. The van der Waals surface area contributed by atoms with Crippen molar-refractivity contribution in [3.63, 3.8) is 0 Å². The van der Waals surface area contributed by atoms with Crippen LogP contribution in [0.25, 0.3) is 6.08 Å². The number of para-hydroxylation sites is 1. The molecule has 0 bridgehead atoms. The second kappa shape index (κ2) is 9.59. The molecule has 2 aromatic carbocycles. The Morgan fingerprint density at radius 2 is 1.74 bits per heavy atom. The van der Waals surface area contributed by atoms with Gasteiger partial charge in [0.05, 0.1) is 0 Å². The van der Waals surface area contributed by atoms with Gasteiger partial charge < -0.3 is 9.64 Å². The Morgan fingerprint density at radius 1 is 1.04 bits per heavy atom. The van der Waals surface area contributed by atoms with E-state index in [0.717, 1.165) is 18.7 Å². The van der Waals surface area contributed by atoms with E-state index in [2.05, 4.69) is 4.90 Å². The van der Waals surface area contributed by atoms with Crippen LogP contribution in [0.4, 0.5) is 5.69 Å². The van der Waals surface area contributed by atoms with Gasteiger partial charge in [-0.3, -0.25) is 4.79 Å². The summed E-state index contributed by atoms with van der Waals surface area (Å²) in [4.78, 5) is 14.9. The van der Waals surface area contributed by atoms with Crippen LogP contribution in [0.3, 0.4) is 0 Å². The maximum Gasteiger partial charge on any atom is 0.185 e. The molecule has 0 amide bonds. The minimum Gasteiger partial charge on any atom is -0.478 e. The summed E-state index contributed by atoms with van der Waals surface area (Å²) >= 11 is 0. The molecule has 0 saturated carbocycles. The third kappa shape index (κ3) is 5.21. The average Bonchev–Trinajstić information content (AvgIpc) is 3.01. The van der Waals surface area contributed by atoms with Crippen LogP contribution in [0, 0.1) is 11.3 Å². The van der Waals surface area contributed by atoms with Gasteiger partial charge in [-0.2, -0.15) is 5.26 Å². The first-order chi connectivity index (χ1) is 13.3.